The number of amides is 2. The molecular weight excluding hydrogens is 279 g/mol. The molecule has 0 heterocycles. The molecule has 4 rings (SSSR count). The number of halogens is 1. The average molecular weight is 292 g/mol. The Hall–Kier alpha value is -2.44. The van der Waals surface area contributed by atoms with Crippen molar-refractivity contribution in [1.29, 1.82) is 0 Å². The van der Waals surface area contributed by atoms with Crippen molar-refractivity contribution in [2.45, 2.75) is 19.3 Å². The third-order valence-corrected chi connectivity index (χ3v) is 4.37. The zero-order valence-corrected chi connectivity index (χ0v) is 11.0. The Balaban J connectivity index is 1.56. The van der Waals surface area contributed by atoms with Gasteiger partial charge in [-0.3, -0.25) is 25.2 Å². The van der Waals surface area contributed by atoms with Crippen LogP contribution in [0.25, 0.3) is 0 Å². The van der Waals surface area contributed by atoms with Gasteiger partial charge in [-0.1, -0.05) is 12.1 Å². The van der Waals surface area contributed by atoms with Crippen molar-refractivity contribution in [2.75, 3.05) is 0 Å². The van der Waals surface area contributed by atoms with Crippen molar-refractivity contribution in [3.8, 4) is 0 Å². The second kappa shape index (κ2) is 4.28. The molecule has 3 saturated carbocycles. The predicted molar refractivity (Wildman–Crippen MR) is 68.4 cm³/mol. The molecule has 0 saturated heterocycles. The van der Waals surface area contributed by atoms with Crippen molar-refractivity contribution in [2.24, 2.45) is 10.8 Å². The van der Waals surface area contributed by atoms with Crippen LogP contribution in [-0.4, -0.2) is 22.9 Å². The maximum absolute atomic E-state index is 13.4. The topological polar surface area (TPSA) is 95.5 Å². The molecule has 3 aliphatic carbocycles. The number of carbonyl (C=O) groups excluding carboxylic acids is 2. The summed E-state index contributed by atoms with van der Waals surface area (Å²) in [6.45, 7) is 0. The van der Waals surface area contributed by atoms with Gasteiger partial charge < -0.3 is 5.11 Å². The van der Waals surface area contributed by atoms with Crippen LogP contribution in [0.4, 0.5) is 4.39 Å². The average Bonchev–Trinajstić information content (AvgIpc) is 2.32. The lowest BCUT2D eigenvalue weighted by Crippen LogP contribution is -2.71. The normalized spacial score (nSPS) is 28.8. The van der Waals surface area contributed by atoms with Gasteiger partial charge in [0.1, 0.15) is 5.82 Å². The van der Waals surface area contributed by atoms with E-state index in [4.69, 9.17) is 5.11 Å². The fourth-order valence-electron chi connectivity index (χ4n) is 3.21. The van der Waals surface area contributed by atoms with Crippen LogP contribution in [0.15, 0.2) is 24.3 Å². The van der Waals surface area contributed by atoms with Gasteiger partial charge in [0.25, 0.3) is 5.91 Å². The summed E-state index contributed by atoms with van der Waals surface area (Å²) in [5.74, 6) is -2.73. The molecule has 7 heteroatoms. The monoisotopic (exact) mass is 292 g/mol. The summed E-state index contributed by atoms with van der Waals surface area (Å²) in [5, 5.41) is 8.98. The minimum atomic E-state index is -0.882. The smallest absolute Gasteiger partial charge is 0.309 e. The van der Waals surface area contributed by atoms with E-state index in [-0.39, 0.29) is 24.8 Å². The van der Waals surface area contributed by atoms with Gasteiger partial charge in [0.15, 0.2) is 0 Å². The molecule has 6 nitrogen and oxygen atoms in total. The highest BCUT2D eigenvalue weighted by Gasteiger charge is 2.75. The fourth-order valence-corrected chi connectivity index (χ4v) is 3.21. The minimum Gasteiger partial charge on any atom is -0.481 e. The standard InChI is InChI=1S/C14H13FN2O4/c15-9-4-2-1-3-8(9)10(18)16-17-11(19)13-5-14(6-13,7-13)12(20)21/h1-4H,5-7H2,(H,16,18)(H,17,19)(H,20,21). The Morgan fingerprint density at radius 1 is 1.05 bits per heavy atom. The molecule has 0 atom stereocenters. The Morgan fingerprint density at radius 3 is 2.24 bits per heavy atom. The summed E-state index contributed by atoms with van der Waals surface area (Å²) in [6, 6.07) is 5.42. The van der Waals surface area contributed by atoms with Crippen LogP contribution in [0.3, 0.4) is 0 Å². The number of rotatable bonds is 3. The minimum absolute atomic E-state index is 0.169. The zero-order chi connectivity index (χ0) is 15.3. The SMILES string of the molecule is O=C(NNC(=O)C12CC(C(=O)O)(C1)C2)c1ccccc1F. The van der Waals surface area contributed by atoms with E-state index in [2.05, 4.69) is 10.9 Å². The molecule has 3 aliphatic rings. The van der Waals surface area contributed by atoms with Crippen LogP contribution in [0.1, 0.15) is 29.6 Å². The molecule has 1 aromatic rings. The molecule has 1 aromatic carbocycles. The molecular formula is C14H13FN2O4. The maximum atomic E-state index is 13.4. The third-order valence-electron chi connectivity index (χ3n) is 4.37. The molecule has 0 unspecified atom stereocenters. The molecule has 3 fully saturated rings. The highest BCUT2D eigenvalue weighted by molar-refractivity contribution is 5.98. The first-order valence-electron chi connectivity index (χ1n) is 6.47. The van der Waals surface area contributed by atoms with Crippen molar-refractivity contribution >= 4 is 17.8 Å². The lowest BCUT2D eigenvalue weighted by atomic mass is 9.35. The number of hydrogen-bond acceptors (Lipinski definition) is 3. The van der Waals surface area contributed by atoms with Crippen LogP contribution in [-0.2, 0) is 9.59 Å². The van der Waals surface area contributed by atoms with Gasteiger partial charge in [-0.2, -0.15) is 0 Å². The van der Waals surface area contributed by atoms with Gasteiger partial charge >= 0.3 is 5.97 Å². The number of aliphatic carboxylic acids is 1. The lowest BCUT2D eigenvalue weighted by molar-refractivity contribution is -0.220. The molecule has 21 heavy (non-hydrogen) atoms. The summed E-state index contributed by atoms with van der Waals surface area (Å²) in [7, 11) is 0. The second-order valence-corrected chi connectivity index (χ2v) is 5.78. The first kappa shape index (κ1) is 13.5. The van der Waals surface area contributed by atoms with E-state index in [0.29, 0.717) is 0 Å². The lowest BCUT2D eigenvalue weighted by Gasteiger charge is -2.66. The van der Waals surface area contributed by atoms with Crippen LogP contribution < -0.4 is 10.9 Å². The van der Waals surface area contributed by atoms with E-state index in [0.717, 1.165) is 6.07 Å². The summed E-state index contributed by atoms with van der Waals surface area (Å²) in [6.07, 6.45) is 0.865. The number of hydrazine groups is 1. The fraction of sp³-hybridized carbons (Fsp3) is 0.357. The van der Waals surface area contributed by atoms with Crippen LogP contribution in [0, 0.1) is 16.6 Å². The van der Waals surface area contributed by atoms with Crippen LogP contribution in [0.2, 0.25) is 0 Å². The highest BCUT2D eigenvalue weighted by Crippen LogP contribution is 2.73. The largest absolute Gasteiger partial charge is 0.481 e. The van der Waals surface area contributed by atoms with E-state index in [1.165, 1.54) is 18.2 Å². The van der Waals surface area contributed by atoms with Gasteiger partial charge in [0.05, 0.1) is 16.4 Å². The molecule has 110 valence electrons. The Morgan fingerprint density at radius 2 is 1.67 bits per heavy atom. The van der Waals surface area contributed by atoms with Gasteiger partial charge in [-0.25, -0.2) is 4.39 Å². The first-order chi connectivity index (χ1) is 9.89. The van der Waals surface area contributed by atoms with Gasteiger partial charge in [0.2, 0.25) is 5.91 Å². The number of carboxylic acids is 1. The highest BCUT2D eigenvalue weighted by atomic mass is 19.1. The molecule has 0 aliphatic heterocycles. The molecule has 0 spiro atoms. The number of benzene rings is 1. The van der Waals surface area contributed by atoms with Crippen molar-refractivity contribution in [3.63, 3.8) is 0 Å². The number of hydrogen-bond donors (Lipinski definition) is 3. The quantitative estimate of drug-likeness (QED) is 0.719. The summed E-state index contributed by atoms with van der Waals surface area (Å²) in [4.78, 5) is 34.6. The van der Waals surface area contributed by atoms with E-state index in [9.17, 15) is 18.8 Å². The maximum Gasteiger partial charge on any atom is 0.309 e. The van der Waals surface area contributed by atoms with Crippen LogP contribution in [0.5, 0.6) is 0 Å². The van der Waals surface area contributed by atoms with Gasteiger partial charge in [-0.05, 0) is 31.4 Å². The Bertz CT molecular complexity index is 638. The summed E-state index contributed by atoms with van der Waals surface area (Å²) < 4.78 is 13.4. The van der Waals surface area contributed by atoms with E-state index >= 15 is 0 Å². The molecule has 2 bridgehead atoms. The first-order valence-corrected chi connectivity index (χ1v) is 6.47. The van der Waals surface area contributed by atoms with Crippen molar-refractivity contribution < 1.29 is 23.9 Å². The van der Waals surface area contributed by atoms with E-state index in [1.807, 2.05) is 0 Å². The van der Waals surface area contributed by atoms with Crippen molar-refractivity contribution in [1.82, 2.24) is 10.9 Å². The number of carboxylic acid groups (broad SMARTS) is 1. The number of nitrogens with one attached hydrogen (secondary N) is 2. The zero-order valence-electron chi connectivity index (χ0n) is 11.0. The van der Waals surface area contributed by atoms with Crippen molar-refractivity contribution in [3.05, 3.63) is 35.6 Å². The van der Waals surface area contributed by atoms with E-state index < -0.39 is 34.4 Å². The second-order valence-electron chi connectivity index (χ2n) is 5.78. The predicted octanol–water partition coefficient (Wildman–Crippen LogP) is 0.842. The molecule has 3 N–H and O–H groups in total. The van der Waals surface area contributed by atoms with Crippen LogP contribution >= 0.6 is 0 Å². The molecule has 0 radical (unpaired) electrons. The Kier molecular flexibility index (Phi) is 2.76. The summed E-state index contributed by atoms with van der Waals surface area (Å²) in [5.41, 5.74) is 2.78. The Labute approximate surface area is 119 Å². The number of carbonyl (C=O) groups is 3. The third kappa shape index (κ3) is 1.88. The van der Waals surface area contributed by atoms with Gasteiger partial charge in [-0.15, -0.1) is 0 Å². The molecule has 2 amide bonds. The summed E-state index contributed by atoms with van der Waals surface area (Å²) >= 11 is 0. The molecule has 0 aromatic heterocycles. The van der Waals surface area contributed by atoms with E-state index in [1.54, 1.807) is 0 Å². The van der Waals surface area contributed by atoms with Gasteiger partial charge in [0, 0.05) is 0 Å².